The maximum absolute atomic E-state index is 14.0. The number of nitro groups is 1. The van der Waals surface area contributed by atoms with Crippen molar-refractivity contribution in [1.29, 1.82) is 0 Å². The first-order valence-corrected chi connectivity index (χ1v) is 13.1. The van der Waals surface area contributed by atoms with Crippen LogP contribution in [0.15, 0.2) is 115 Å². The summed E-state index contributed by atoms with van der Waals surface area (Å²) in [6, 6.07) is 29.7. The molecule has 0 aliphatic heterocycles. The van der Waals surface area contributed by atoms with Crippen molar-refractivity contribution in [2.45, 2.75) is 24.7 Å². The second kappa shape index (κ2) is 13.9. The van der Waals surface area contributed by atoms with Crippen molar-refractivity contribution in [3.05, 3.63) is 148 Å². The highest BCUT2D eigenvalue weighted by atomic mass is 16.6. The van der Waals surface area contributed by atoms with Gasteiger partial charge in [0.1, 0.15) is 0 Å². The zero-order valence-corrected chi connectivity index (χ0v) is 22.4. The molecule has 0 saturated carbocycles. The van der Waals surface area contributed by atoms with Gasteiger partial charge in [-0.05, 0) is 23.1 Å². The number of esters is 1. The largest absolute Gasteiger partial charge is 0.445 e. The van der Waals surface area contributed by atoms with E-state index in [1.54, 1.807) is 54.6 Å². The number of ether oxygens (including phenoxy) is 1. The molecule has 0 unspecified atom stereocenters. The Morgan fingerprint density at radius 1 is 0.690 bits per heavy atom. The number of rotatable bonds is 11. The number of aliphatic hydroxyl groups excluding tert-OH is 2. The van der Waals surface area contributed by atoms with Gasteiger partial charge in [0.25, 0.3) is 17.5 Å². The van der Waals surface area contributed by atoms with Crippen LogP contribution in [0.5, 0.6) is 0 Å². The van der Waals surface area contributed by atoms with Crippen LogP contribution in [-0.2, 0) is 25.5 Å². The van der Waals surface area contributed by atoms with Gasteiger partial charge in [0.05, 0.1) is 4.92 Å². The second-order valence-corrected chi connectivity index (χ2v) is 9.36. The Morgan fingerprint density at radius 2 is 1.17 bits per heavy atom. The summed E-state index contributed by atoms with van der Waals surface area (Å²) >= 11 is 0. The number of nitrogens with zero attached hydrogens (tertiary/aromatic N) is 2. The molecule has 2 amide bonds. The molecule has 4 aromatic carbocycles. The lowest BCUT2D eigenvalue weighted by Crippen LogP contribution is -2.45. The van der Waals surface area contributed by atoms with Gasteiger partial charge in [-0.15, -0.1) is 0 Å². The molecule has 0 aliphatic rings. The van der Waals surface area contributed by atoms with E-state index in [1.807, 2.05) is 0 Å². The summed E-state index contributed by atoms with van der Waals surface area (Å²) in [5, 5.41) is 32.5. The summed E-state index contributed by atoms with van der Waals surface area (Å²) in [4.78, 5) is 51.9. The van der Waals surface area contributed by atoms with Gasteiger partial charge >= 0.3 is 5.97 Å². The van der Waals surface area contributed by atoms with E-state index in [9.17, 15) is 34.7 Å². The molecular weight excluding hydrogens is 540 g/mol. The van der Waals surface area contributed by atoms with E-state index >= 15 is 0 Å². The Balaban J connectivity index is 1.65. The summed E-state index contributed by atoms with van der Waals surface area (Å²) in [5.41, 5.74) is 1.23. The number of carbonyl (C=O) groups excluding carboxylic acids is 3. The first-order valence-electron chi connectivity index (χ1n) is 13.1. The van der Waals surface area contributed by atoms with Crippen LogP contribution in [0.25, 0.3) is 0 Å². The zero-order valence-electron chi connectivity index (χ0n) is 22.4. The Labute approximate surface area is 241 Å². The summed E-state index contributed by atoms with van der Waals surface area (Å²) in [6.45, 7) is -0.235. The zero-order chi connectivity index (χ0) is 30.1. The van der Waals surface area contributed by atoms with E-state index in [4.69, 9.17) is 4.74 Å². The van der Waals surface area contributed by atoms with E-state index in [0.29, 0.717) is 5.56 Å². The van der Waals surface area contributed by atoms with Crippen LogP contribution in [-0.4, -0.2) is 44.4 Å². The van der Waals surface area contributed by atoms with Crippen molar-refractivity contribution >= 4 is 23.5 Å². The monoisotopic (exact) mass is 568 g/mol. The fourth-order valence-corrected chi connectivity index (χ4v) is 4.26. The topological polar surface area (TPSA) is 147 Å². The van der Waals surface area contributed by atoms with Gasteiger partial charge in [-0.1, -0.05) is 103 Å². The van der Waals surface area contributed by atoms with Crippen LogP contribution in [0, 0.1) is 10.1 Å². The predicted molar refractivity (Wildman–Crippen MR) is 152 cm³/mol. The molecule has 4 aromatic rings. The molecule has 0 aromatic heterocycles. The minimum absolute atomic E-state index is 0.0963. The molecule has 4 rings (SSSR count). The quantitative estimate of drug-likeness (QED) is 0.155. The Bertz CT molecular complexity index is 1510. The molecule has 214 valence electrons. The number of carbonyl (C=O) groups is 3. The molecule has 10 nitrogen and oxygen atoms in total. The minimum Gasteiger partial charge on any atom is -0.445 e. The van der Waals surface area contributed by atoms with E-state index in [0.717, 1.165) is 4.90 Å². The minimum atomic E-state index is -1.70. The summed E-state index contributed by atoms with van der Waals surface area (Å²) in [7, 11) is 0. The first-order chi connectivity index (χ1) is 20.3. The van der Waals surface area contributed by atoms with Gasteiger partial charge in [-0.2, -0.15) is 0 Å². The summed E-state index contributed by atoms with van der Waals surface area (Å²) in [5.74, 6) is -2.99. The summed E-state index contributed by atoms with van der Waals surface area (Å²) < 4.78 is 5.54. The highest BCUT2D eigenvalue weighted by Crippen LogP contribution is 2.26. The molecule has 0 heterocycles. The van der Waals surface area contributed by atoms with Crippen LogP contribution in [0.2, 0.25) is 0 Å². The molecule has 0 spiro atoms. The highest BCUT2D eigenvalue weighted by molar-refractivity contribution is 6.00. The average molecular weight is 569 g/mol. The number of amides is 2. The van der Waals surface area contributed by atoms with Crippen molar-refractivity contribution in [1.82, 2.24) is 4.90 Å². The molecule has 2 N–H and O–H groups in total. The molecule has 0 bridgehead atoms. The van der Waals surface area contributed by atoms with Gasteiger partial charge < -0.3 is 14.9 Å². The maximum atomic E-state index is 14.0. The third kappa shape index (κ3) is 7.30. The number of non-ortho nitro benzene ring substituents is 1. The van der Waals surface area contributed by atoms with Crippen molar-refractivity contribution in [2.24, 2.45) is 0 Å². The first kappa shape index (κ1) is 29.8. The molecule has 10 heteroatoms. The molecule has 42 heavy (non-hydrogen) atoms. The standard InChI is InChI=1S/C32H28N2O8/c35-27(23-10-4-1-5-11-23)30(37)33(21-20-22-16-18-26(19-17-22)34(40)41)31(38)29(25-14-8-3-9-15-25)42-32(39)28(36)24-12-6-2-7-13-24/h1-19,27-29,35-36H,20-21H2/t27-,28+,29-/m1/s1. The molecule has 0 radical (unpaired) electrons. The van der Waals surface area contributed by atoms with Crippen LogP contribution >= 0.6 is 0 Å². The average Bonchev–Trinajstić information content (AvgIpc) is 3.04. The van der Waals surface area contributed by atoms with E-state index in [1.165, 1.54) is 60.7 Å². The van der Waals surface area contributed by atoms with Crippen LogP contribution < -0.4 is 0 Å². The molecule has 3 atom stereocenters. The molecule has 0 fully saturated rings. The second-order valence-electron chi connectivity index (χ2n) is 9.36. The van der Waals surface area contributed by atoms with Crippen LogP contribution in [0.4, 0.5) is 5.69 Å². The smallest absolute Gasteiger partial charge is 0.340 e. The Kier molecular flexibility index (Phi) is 9.88. The highest BCUT2D eigenvalue weighted by Gasteiger charge is 2.37. The number of hydrogen-bond acceptors (Lipinski definition) is 8. The number of aliphatic hydroxyl groups is 2. The summed E-state index contributed by atoms with van der Waals surface area (Å²) in [6.07, 6.45) is -4.92. The van der Waals surface area contributed by atoms with Gasteiger partial charge in [0.15, 0.2) is 12.2 Å². The predicted octanol–water partition coefficient (Wildman–Crippen LogP) is 4.24. The van der Waals surface area contributed by atoms with E-state index in [-0.39, 0.29) is 35.3 Å². The van der Waals surface area contributed by atoms with Crippen molar-refractivity contribution in [3.8, 4) is 0 Å². The van der Waals surface area contributed by atoms with Crippen molar-refractivity contribution in [3.63, 3.8) is 0 Å². The Hall–Kier alpha value is -5.19. The van der Waals surface area contributed by atoms with Gasteiger partial charge in [-0.25, -0.2) is 4.79 Å². The van der Waals surface area contributed by atoms with Crippen LogP contribution in [0.3, 0.4) is 0 Å². The van der Waals surface area contributed by atoms with Crippen molar-refractivity contribution < 1.29 is 34.3 Å². The lowest BCUT2D eigenvalue weighted by Gasteiger charge is -2.28. The SMILES string of the molecule is O=C(O[C@@H](C(=O)N(CCc1ccc([N+](=O)[O-])cc1)C(=O)[C@H](O)c1ccccc1)c1ccccc1)[C@@H](O)c1ccccc1. The number of imide groups is 1. The fourth-order valence-electron chi connectivity index (χ4n) is 4.26. The lowest BCUT2D eigenvalue weighted by molar-refractivity contribution is -0.384. The van der Waals surface area contributed by atoms with Gasteiger partial charge in [-0.3, -0.25) is 24.6 Å². The molecule has 0 aliphatic carbocycles. The lowest BCUT2D eigenvalue weighted by atomic mass is 10.0. The molecular formula is C32H28N2O8. The molecule has 0 saturated heterocycles. The Morgan fingerprint density at radius 3 is 1.67 bits per heavy atom. The maximum Gasteiger partial charge on any atom is 0.340 e. The van der Waals surface area contributed by atoms with Gasteiger partial charge in [0, 0.05) is 24.2 Å². The van der Waals surface area contributed by atoms with Gasteiger partial charge in [0.2, 0.25) is 6.10 Å². The number of benzene rings is 4. The van der Waals surface area contributed by atoms with E-state index < -0.39 is 41.0 Å². The third-order valence-electron chi connectivity index (χ3n) is 6.55. The number of hydrogen-bond donors (Lipinski definition) is 2. The fraction of sp³-hybridized carbons (Fsp3) is 0.156. The third-order valence-corrected chi connectivity index (χ3v) is 6.55. The number of nitro benzene ring substituents is 1. The van der Waals surface area contributed by atoms with Crippen molar-refractivity contribution in [2.75, 3.05) is 6.54 Å². The normalized spacial score (nSPS) is 12.9. The van der Waals surface area contributed by atoms with E-state index in [2.05, 4.69) is 0 Å². The van der Waals surface area contributed by atoms with Crippen LogP contribution in [0.1, 0.15) is 40.6 Å².